The molecular formula is C15H15Cl2N. The van der Waals surface area contributed by atoms with Crippen LogP contribution in [0.3, 0.4) is 0 Å². The molecule has 0 aliphatic heterocycles. The Bertz CT molecular complexity index is 513. The molecular weight excluding hydrogens is 265 g/mol. The smallest absolute Gasteiger partial charge is 0.0652 e. The molecule has 0 saturated heterocycles. The van der Waals surface area contributed by atoms with E-state index in [4.69, 9.17) is 23.2 Å². The second kappa shape index (κ2) is 5.64. The summed E-state index contributed by atoms with van der Waals surface area (Å²) >= 11 is 12.0. The van der Waals surface area contributed by atoms with Crippen LogP contribution in [0.4, 0.5) is 5.69 Å². The maximum absolute atomic E-state index is 6.11. The lowest BCUT2D eigenvalue weighted by atomic mass is 10.1. The molecule has 1 N–H and O–H groups in total. The molecule has 0 atom stereocenters. The van der Waals surface area contributed by atoms with Gasteiger partial charge in [0.15, 0.2) is 0 Å². The largest absolute Gasteiger partial charge is 0.380 e. The first-order valence-electron chi connectivity index (χ1n) is 5.81. The van der Waals surface area contributed by atoms with E-state index in [-0.39, 0.29) is 0 Å². The van der Waals surface area contributed by atoms with Gasteiger partial charge in [0.1, 0.15) is 0 Å². The van der Waals surface area contributed by atoms with Gasteiger partial charge < -0.3 is 5.32 Å². The van der Waals surface area contributed by atoms with Crippen LogP contribution in [0.15, 0.2) is 36.4 Å². The van der Waals surface area contributed by atoms with Gasteiger partial charge >= 0.3 is 0 Å². The highest BCUT2D eigenvalue weighted by atomic mass is 35.5. The molecule has 2 aromatic carbocycles. The highest BCUT2D eigenvalue weighted by Crippen LogP contribution is 2.26. The summed E-state index contributed by atoms with van der Waals surface area (Å²) in [5.74, 6) is 0. The van der Waals surface area contributed by atoms with Crippen molar-refractivity contribution in [3.05, 3.63) is 63.1 Å². The number of anilines is 1. The van der Waals surface area contributed by atoms with Crippen LogP contribution in [0, 0.1) is 13.8 Å². The first-order valence-corrected chi connectivity index (χ1v) is 6.57. The van der Waals surface area contributed by atoms with Crippen molar-refractivity contribution < 1.29 is 0 Å². The van der Waals surface area contributed by atoms with Gasteiger partial charge in [0.05, 0.1) is 10.7 Å². The Hall–Kier alpha value is -1.18. The summed E-state index contributed by atoms with van der Waals surface area (Å²) in [5.41, 5.74) is 4.74. The zero-order valence-corrected chi connectivity index (χ0v) is 11.9. The van der Waals surface area contributed by atoms with Crippen molar-refractivity contribution in [3.8, 4) is 0 Å². The van der Waals surface area contributed by atoms with Crippen LogP contribution in [-0.2, 0) is 6.54 Å². The number of hydrogen-bond acceptors (Lipinski definition) is 1. The monoisotopic (exact) mass is 279 g/mol. The third-order valence-electron chi connectivity index (χ3n) is 2.90. The van der Waals surface area contributed by atoms with E-state index in [1.807, 2.05) is 12.1 Å². The van der Waals surface area contributed by atoms with Crippen LogP contribution < -0.4 is 5.32 Å². The molecule has 0 unspecified atom stereocenters. The second-order valence-electron chi connectivity index (χ2n) is 4.41. The third kappa shape index (κ3) is 3.18. The summed E-state index contributed by atoms with van der Waals surface area (Å²) in [6.45, 7) is 4.97. The molecule has 0 fully saturated rings. The Morgan fingerprint density at radius 1 is 1.00 bits per heavy atom. The zero-order chi connectivity index (χ0) is 13.1. The fourth-order valence-electron chi connectivity index (χ4n) is 1.87. The number of nitrogens with one attached hydrogen (secondary N) is 1. The maximum Gasteiger partial charge on any atom is 0.0652 e. The molecule has 0 aliphatic carbocycles. The van der Waals surface area contributed by atoms with E-state index in [9.17, 15) is 0 Å². The average molecular weight is 280 g/mol. The van der Waals surface area contributed by atoms with Crippen molar-refractivity contribution >= 4 is 28.9 Å². The fourth-order valence-corrected chi connectivity index (χ4v) is 2.34. The number of rotatable bonds is 3. The molecule has 2 aromatic rings. The Labute approximate surface area is 118 Å². The summed E-state index contributed by atoms with van der Waals surface area (Å²) in [4.78, 5) is 0. The number of hydrogen-bond donors (Lipinski definition) is 1. The van der Waals surface area contributed by atoms with Gasteiger partial charge in [-0.25, -0.2) is 0 Å². The van der Waals surface area contributed by atoms with Crippen LogP contribution in [0.25, 0.3) is 0 Å². The van der Waals surface area contributed by atoms with Crippen LogP contribution in [0.2, 0.25) is 10.0 Å². The van der Waals surface area contributed by atoms with Crippen LogP contribution in [0.1, 0.15) is 16.7 Å². The van der Waals surface area contributed by atoms with E-state index in [1.165, 1.54) is 16.7 Å². The third-order valence-corrected chi connectivity index (χ3v) is 3.45. The van der Waals surface area contributed by atoms with Gasteiger partial charge in [-0.2, -0.15) is 0 Å². The zero-order valence-electron chi connectivity index (χ0n) is 10.4. The average Bonchev–Trinajstić information content (AvgIpc) is 2.30. The highest BCUT2D eigenvalue weighted by Gasteiger charge is 2.02. The Kier molecular flexibility index (Phi) is 4.15. The number of halogens is 2. The van der Waals surface area contributed by atoms with E-state index in [0.29, 0.717) is 10.0 Å². The van der Waals surface area contributed by atoms with Gasteiger partial charge in [0.2, 0.25) is 0 Å². The molecule has 0 aromatic heterocycles. The molecule has 0 heterocycles. The standard InChI is InChI=1S/C15H15Cl2N/c1-10-3-4-12(11(2)7-10)9-18-15-6-5-13(16)8-14(15)17/h3-8,18H,9H2,1-2H3. The van der Waals surface area contributed by atoms with Crippen molar-refractivity contribution in [1.29, 1.82) is 0 Å². The summed E-state index contributed by atoms with van der Waals surface area (Å²) in [6, 6.07) is 11.9. The molecule has 94 valence electrons. The van der Waals surface area contributed by atoms with Crippen molar-refractivity contribution in [1.82, 2.24) is 0 Å². The van der Waals surface area contributed by atoms with E-state index in [1.54, 1.807) is 6.07 Å². The molecule has 0 spiro atoms. The molecule has 0 aliphatic rings. The predicted octanol–water partition coefficient (Wildman–Crippen LogP) is 5.22. The van der Waals surface area contributed by atoms with Gasteiger partial charge in [-0.1, -0.05) is 47.0 Å². The van der Waals surface area contributed by atoms with Crippen molar-refractivity contribution in [2.45, 2.75) is 20.4 Å². The van der Waals surface area contributed by atoms with E-state index in [0.717, 1.165) is 12.2 Å². The van der Waals surface area contributed by atoms with Crippen molar-refractivity contribution in [2.75, 3.05) is 5.32 Å². The van der Waals surface area contributed by atoms with E-state index >= 15 is 0 Å². The lowest BCUT2D eigenvalue weighted by molar-refractivity contribution is 1.11. The van der Waals surface area contributed by atoms with Crippen molar-refractivity contribution in [2.24, 2.45) is 0 Å². The first-order chi connectivity index (χ1) is 8.56. The summed E-state index contributed by atoms with van der Waals surface area (Å²) in [6.07, 6.45) is 0. The number of benzene rings is 2. The Balaban J connectivity index is 2.11. The van der Waals surface area contributed by atoms with Gasteiger partial charge in [0.25, 0.3) is 0 Å². The summed E-state index contributed by atoms with van der Waals surface area (Å²) in [7, 11) is 0. The topological polar surface area (TPSA) is 12.0 Å². The minimum Gasteiger partial charge on any atom is -0.380 e. The molecule has 0 bridgehead atoms. The quantitative estimate of drug-likeness (QED) is 0.812. The lowest BCUT2D eigenvalue weighted by Crippen LogP contribution is -2.02. The van der Waals surface area contributed by atoms with Gasteiger partial charge in [-0.3, -0.25) is 0 Å². The van der Waals surface area contributed by atoms with E-state index in [2.05, 4.69) is 37.4 Å². The fraction of sp³-hybridized carbons (Fsp3) is 0.200. The highest BCUT2D eigenvalue weighted by molar-refractivity contribution is 6.36. The van der Waals surface area contributed by atoms with Crippen LogP contribution >= 0.6 is 23.2 Å². The van der Waals surface area contributed by atoms with Crippen LogP contribution in [0.5, 0.6) is 0 Å². The summed E-state index contributed by atoms with van der Waals surface area (Å²) < 4.78 is 0. The molecule has 0 radical (unpaired) electrons. The lowest BCUT2D eigenvalue weighted by Gasteiger charge is -2.11. The maximum atomic E-state index is 6.11. The molecule has 1 nitrogen and oxygen atoms in total. The van der Waals surface area contributed by atoms with Crippen molar-refractivity contribution in [3.63, 3.8) is 0 Å². The minimum absolute atomic E-state index is 0.646. The molecule has 18 heavy (non-hydrogen) atoms. The molecule has 0 amide bonds. The molecule has 3 heteroatoms. The van der Waals surface area contributed by atoms with Crippen LogP contribution in [-0.4, -0.2) is 0 Å². The first kappa shape index (κ1) is 13.3. The Morgan fingerprint density at radius 3 is 2.44 bits per heavy atom. The number of aryl methyl sites for hydroxylation is 2. The second-order valence-corrected chi connectivity index (χ2v) is 5.25. The summed E-state index contributed by atoms with van der Waals surface area (Å²) in [5, 5.41) is 4.62. The predicted molar refractivity (Wildman–Crippen MR) is 79.7 cm³/mol. The minimum atomic E-state index is 0.646. The van der Waals surface area contributed by atoms with Gasteiger partial charge in [-0.05, 0) is 43.2 Å². The molecule has 0 saturated carbocycles. The van der Waals surface area contributed by atoms with E-state index < -0.39 is 0 Å². The van der Waals surface area contributed by atoms with Gasteiger partial charge in [-0.15, -0.1) is 0 Å². The molecule has 2 rings (SSSR count). The SMILES string of the molecule is Cc1ccc(CNc2ccc(Cl)cc2Cl)c(C)c1. The Morgan fingerprint density at radius 2 is 1.78 bits per heavy atom. The normalized spacial score (nSPS) is 10.4. The van der Waals surface area contributed by atoms with Gasteiger partial charge in [0, 0.05) is 11.6 Å².